The number of aryl methyl sites for hydroxylation is 2. The predicted molar refractivity (Wildman–Crippen MR) is 79.7 cm³/mol. The highest BCUT2D eigenvalue weighted by Gasteiger charge is 2.17. The van der Waals surface area contributed by atoms with Crippen LogP contribution in [0.1, 0.15) is 52.1 Å². The minimum atomic E-state index is -3.69. The Kier molecular flexibility index (Phi) is 10.7. The van der Waals surface area contributed by atoms with Gasteiger partial charge in [0, 0.05) is 18.3 Å². The van der Waals surface area contributed by atoms with Crippen molar-refractivity contribution in [3.63, 3.8) is 0 Å². The van der Waals surface area contributed by atoms with Gasteiger partial charge in [0.2, 0.25) is 0 Å². The van der Waals surface area contributed by atoms with Gasteiger partial charge >= 0.3 is 7.82 Å². The molecule has 1 aromatic heterocycles. The maximum atomic E-state index is 10.5. The Morgan fingerprint density at radius 1 is 1.25 bits per heavy atom. The maximum absolute atomic E-state index is 10.5. The summed E-state index contributed by atoms with van der Waals surface area (Å²) in [5, 5.41) is 0. The number of nitrogens with one attached hydrogen (secondary N) is 1. The molecule has 0 bridgehead atoms. The molecule has 7 heteroatoms. The zero-order chi connectivity index (χ0) is 15.4. The van der Waals surface area contributed by atoms with E-state index in [0.29, 0.717) is 0 Å². The molecule has 0 fully saturated rings. The topological polar surface area (TPSA) is 84.4 Å². The zero-order valence-corrected chi connectivity index (χ0v) is 13.8. The van der Waals surface area contributed by atoms with Gasteiger partial charge in [-0.3, -0.25) is 9.05 Å². The molecule has 0 unspecified atom stereocenters. The molecule has 0 saturated carbocycles. The van der Waals surface area contributed by atoms with E-state index in [-0.39, 0.29) is 13.2 Å². The van der Waals surface area contributed by atoms with Gasteiger partial charge in [-0.1, -0.05) is 20.3 Å². The Hall–Kier alpha value is -0.680. The van der Waals surface area contributed by atoms with Gasteiger partial charge < -0.3 is 9.88 Å². The maximum Gasteiger partial charge on any atom is 0.472 e. The number of hydrogen-bond acceptors (Lipinski definition) is 4. The monoisotopic (exact) mass is 306 g/mol. The number of unbranched alkanes of at least 4 members (excludes halogenated alkanes) is 1. The molecule has 0 saturated heterocycles. The Bertz CT molecular complexity index is 385. The first-order valence-electron chi connectivity index (χ1n) is 7.13. The van der Waals surface area contributed by atoms with E-state index in [1.807, 2.05) is 6.20 Å². The first kappa shape index (κ1) is 19.3. The number of imidazole rings is 1. The molecule has 0 aromatic carbocycles. The van der Waals surface area contributed by atoms with E-state index in [4.69, 9.17) is 4.89 Å². The molecule has 2 N–H and O–H groups in total. The molecule has 1 heterocycles. The van der Waals surface area contributed by atoms with Crippen molar-refractivity contribution in [3.05, 3.63) is 17.7 Å². The molecule has 0 radical (unpaired) electrons. The van der Waals surface area contributed by atoms with Crippen LogP contribution in [0.2, 0.25) is 0 Å². The molecule has 0 aliphatic carbocycles. The molecule has 0 amide bonds. The van der Waals surface area contributed by atoms with Crippen LogP contribution in [0.5, 0.6) is 0 Å². The molecule has 1 aromatic rings. The van der Waals surface area contributed by atoms with Gasteiger partial charge in [-0.15, -0.1) is 0 Å². The highest BCUT2D eigenvalue weighted by molar-refractivity contribution is 7.47. The molecule has 0 spiro atoms. The molecule has 0 atom stereocenters. The molecule has 1 rings (SSSR count). The van der Waals surface area contributed by atoms with Crippen LogP contribution in [-0.4, -0.2) is 28.1 Å². The van der Waals surface area contributed by atoms with E-state index in [0.717, 1.165) is 18.7 Å². The molecule has 6 nitrogen and oxygen atoms in total. The first-order chi connectivity index (χ1) is 9.49. The second-order valence-corrected chi connectivity index (χ2v) is 5.57. The molecule has 0 aliphatic rings. The summed E-state index contributed by atoms with van der Waals surface area (Å²) in [5.41, 5.74) is 1.28. The van der Waals surface area contributed by atoms with E-state index in [2.05, 4.69) is 32.9 Å². The van der Waals surface area contributed by atoms with Gasteiger partial charge in [-0.05, 0) is 26.7 Å². The van der Waals surface area contributed by atoms with Crippen LogP contribution in [0, 0.1) is 0 Å². The lowest BCUT2D eigenvalue weighted by molar-refractivity contribution is 0.161. The van der Waals surface area contributed by atoms with Crippen LogP contribution in [0.25, 0.3) is 0 Å². The van der Waals surface area contributed by atoms with E-state index in [9.17, 15) is 4.57 Å². The van der Waals surface area contributed by atoms with Crippen LogP contribution in [-0.2, 0) is 26.5 Å². The van der Waals surface area contributed by atoms with Crippen molar-refractivity contribution < 1.29 is 18.5 Å². The smallest absolute Gasteiger partial charge is 0.346 e. The Labute approximate surface area is 121 Å². The van der Waals surface area contributed by atoms with Crippen LogP contribution < -0.4 is 0 Å². The first-order valence-corrected chi connectivity index (χ1v) is 8.63. The van der Waals surface area contributed by atoms with E-state index >= 15 is 0 Å². The highest BCUT2D eigenvalue weighted by atomic mass is 31.2. The summed E-state index contributed by atoms with van der Waals surface area (Å²) in [7, 11) is -3.69. The van der Waals surface area contributed by atoms with Crippen LogP contribution in [0.3, 0.4) is 0 Å². The number of rotatable bonds is 8. The quantitative estimate of drug-likeness (QED) is 0.718. The summed E-state index contributed by atoms with van der Waals surface area (Å²) in [6.07, 6.45) is 6.61. The number of phosphoric acid groups is 1. The summed E-state index contributed by atoms with van der Waals surface area (Å²) in [6.45, 7) is 7.95. The standard InChI is InChI=1S/C9H16N2.C4H11O4P/c1-3-5-6-8-7-10-9(4-2)11-8;1-3-7-9(5,6)8-4-2/h7H,3-6H2,1-2H3,(H,10,11);3-4H2,1-2H3,(H,5,6). The number of nitrogens with zero attached hydrogens (tertiary/aromatic N) is 1. The summed E-state index contributed by atoms with van der Waals surface area (Å²) in [5.74, 6) is 1.11. The van der Waals surface area contributed by atoms with Gasteiger partial charge in [0.1, 0.15) is 5.82 Å². The number of aromatic amines is 1. The minimum Gasteiger partial charge on any atom is -0.346 e. The van der Waals surface area contributed by atoms with Crippen molar-refractivity contribution in [2.24, 2.45) is 0 Å². The lowest BCUT2D eigenvalue weighted by Crippen LogP contribution is -1.93. The average molecular weight is 306 g/mol. The Morgan fingerprint density at radius 2 is 1.85 bits per heavy atom. The largest absolute Gasteiger partial charge is 0.472 e. The second kappa shape index (κ2) is 11.0. The third-order valence-electron chi connectivity index (χ3n) is 2.40. The molecular formula is C13H27N2O4P. The van der Waals surface area contributed by atoms with E-state index in [1.165, 1.54) is 18.5 Å². The average Bonchev–Trinajstić information content (AvgIpc) is 2.85. The van der Waals surface area contributed by atoms with Crippen LogP contribution >= 0.6 is 7.82 Å². The number of phosphoric ester groups is 1. The predicted octanol–water partition coefficient (Wildman–Crippen LogP) is 3.47. The fourth-order valence-corrected chi connectivity index (χ4v) is 2.17. The summed E-state index contributed by atoms with van der Waals surface area (Å²) < 4.78 is 19.2. The van der Waals surface area contributed by atoms with Gasteiger partial charge in [-0.25, -0.2) is 9.55 Å². The number of aromatic nitrogens is 2. The molecule has 118 valence electrons. The van der Waals surface area contributed by atoms with Gasteiger partial charge in [-0.2, -0.15) is 0 Å². The van der Waals surface area contributed by atoms with E-state index in [1.54, 1.807) is 13.8 Å². The van der Waals surface area contributed by atoms with Crippen molar-refractivity contribution in [2.75, 3.05) is 13.2 Å². The lowest BCUT2D eigenvalue weighted by Gasteiger charge is -2.07. The van der Waals surface area contributed by atoms with Crippen molar-refractivity contribution >= 4 is 7.82 Å². The summed E-state index contributed by atoms with van der Waals surface area (Å²) >= 11 is 0. The fourth-order valence-electron chi connectivity index (χ4n) is 1.44. The van der Waals surface area contributed by atoms with Crippen molar-refractivity contribution in [1.82, 2.24) is 9.97 Å². The molecule has 20 heavy (non-hydrogen) atoms. The highest BCUT2D eigenvalue weighted by Crippen LogP contribution is 2.42. The Balaban J connectivity index is 0.000000370. The fraction of sp³-hybridized carbons (Fsp3) is 0.769. The Morgan fingerprint density at radius 3 is 2.25 bits per heavy atom. The van der Waals surface area contributed by atoms with Gasteiger partial charge in [0.05, 0.1) is 13.2 Å². The summed E-state index contributed by atoms with van der Waals surface area (Å²) in [6, 6.07) is 0. The van der Waals surface area contributed by atoms with Crippen molar-refractivity contribution in [1.29, 1.82) is 0 Å². The number of hydrogen-bond donors (Lipinski definition) is 2. The zero-order valence-electron chi connectivity index (χ0n) is 12.9. The van der Waals surface area contributed by atoms with Gasteiger partial charge in [0.15, 0.2) is 0 Å². The van der Waals surface area contributed by atoms with Crippen LogP contribution in [0.15, 0.2) is 6.20 Å². The third kappa shape index (κ3) is 9.26. The van der Waals surface area contributed by atoms with Crippen LogP contribution in [0.4, 0.5) is 0 Å². The molecular weight excluding hydrogens is 279 g/mol. The van der Waals surface area contributed by atoms with Crippen molar-refractivity contribution in [3.8, 4) is 0 Å². The SMILES string of the molecule is CCCCc1cnc(CC)[nH]1.CCOP(=O)(O)OCC. The summed E-state index contributed by atoms with van der Waals surface area (Å²) in [4.78, 5) is 16.1. The second-order valence-electron chi connectivity index (χ2n) is 4.12. The normalized spacial score (nSPS) is 11.1. The third-order valence-corrected chi connectivity index (χ3v) is 3.57. The van der Waals surface area contributed by atoms with Crippen molar-refractivity contribution in [2.45, 2.75) is 53.4 Å². The van der Waals surface area contributed by atoms with E-state index < -0.39 is 7.82 Å². The molecule has 0 aliphatic heterocycles. The number of H-pyrrole nitrogens is 1. The lowest BCUT2D eigenvalue weighted by atomic mass is 10.2. The van der Waals surface area contributed by atoms with Gasteiger partial charge in [0.25, 0.3) is 0 Å². The minimum absolute atomic E-state index is 0.188.